The van der Waals surface area contributed by atoms with E-state index in [1.54, 1.807) is 13.8 Å². The first-order chi connectivity index (χ1) is 15.7. The Morgan fingerprint density at radius 2 is 1.85 bits per heavy atom. The highest BCUT2D eigenvalue weighted by molar-refractivity contribution is 6.32. The molecule has 0 amide bonds. The molecule has 0 atom stereocenters. The third kappa shape index (κ3) is 3.57. The van der Waals surface area contributed by atoms with Crippen molar-refractivity contribution in [2.24, 2.45) is 0 Å². The van der Waals surface area contributed by atoms with Gasteiger partial charge in [0, 0.05) is 11.9 Å². The number of hydrogen-bond acceptors (Lipinski definition) is 5. The second kappa shape index (κ2) is 8.38. The zero-order valence-corrected chi connectivity index (χ0v) is 18.4. The number of nitrogens with zero attached hydrogens (tertiary/aromatic N) is 5. The van der Waals surface area contributed by atoms with Crippen molar-refractivity contribution in [3.05, 3.63) is 85.9 Å². The molecule has 0 bridgehead atoms. The van der Waals surface area contributed by atoms with Gasteiger partial charge in [0.25, 0.3) is 5.56 Å². The molecule has 33 heavy (non-hydrogen) atoms. The molecule has 2 aromatic carbocycles. The highest BCUT2D eigenvalue weighted by atomic mass is 35.5. The summed E-state index contributed by atoms with van der Waals surface area (Å²) < 4.78 is 32.5. The van der Waals surface area contributed by atoms with Gasteiger partial charge < -0.3 is 5.11 Å². The fourth-order valence-electron chi connectivity index (χ4n) is 3.60. The molecular formula is C22H18ClF2N5O3. The average molecular weight is 474 g/mol. The number of hydrogen-bond donors (Lipinski definition) is 1. The Morgan fingerprint density at radius 3 is 2.42 bits per heavy atom. The van der Waals surface area contributed by atoms with Crippen LogP contribution in [0.15, 0.2) is 46.5 Å². The van der Waals surface area contributed by atoms with Gasteiger partial charge in [0.05, 0.1) is 16.1 Å². The van der Waals surface area contributed by atoms with E-state index in [1.165, 1.54) is 16.7 Å². The molecular weight excluding hydrogens is 456 g/mol. The van der Waals surface area contributed by atoms with Crippen molar-refractivity contribution in [3.63, 3.8) is 0 Å². The molecule has 170 valence electrons. The third-order valence-electron chi connectivity index (χ3n) is 5.14. The monoisotopic (exact) mass is 473 g/mol. The van der Waals surface area contributed by atoms with Crippen LogP contribution in [0.25, 0.3) is 27.7 Å². The van der Waals surface area contributed by atoms with Gasteiger partial charge in [0.1, 0.15) is 23.8 Å². The van der Waals surface area contributed by atoms with Crippen LogP contribution in [-0.2, 0) is 13.2 Å². The molecule has 0 spiro atoms. The molecule has 2 aromatic heterocycles. The summed E-state index contributed by atoms with van der Waals surface area (Å²) in [6.45, 7) is 6.76. The summed E-state index contributed by atoms with van der Waals surface area (Å²) in [6, 6.07) is 6.11. The largest absolute Gasteiger partial charge is 0.388 e. The van der Waals surface area contributed by atoms with Crippen molar-refractivity contribution in [1.29, 1.82) is 0 Å². The summed E-state index contributed by atoms with van der Waals surface area (Å²) in [4.78, 5) is 26.1. The lowest BCUT2D eigenvalue weighted by molar-refractivity contribution is 0.264. The van der Waals surface area contributed by atoms with Crippen LogP contribution < -0.4 is 11.2 Å². The molecule has 0 aliphatic heterocycles. The maximum absolute atomic E-state index is 15.1. The predicted octanol–water partition coefficient (Wildman–Crippen LogP) is 3.21. The van der Waals surface area contributed by atoms with Gasteiger partial charge in [-0.3, -0.25) is 9.36 Å². The number of allylic oxidation sites excluding steroid dienone is 1. The Balaban J connectivity index is 2.12. The summed E-state index contributed by atoms with van der Waals surface area (Å²) in [7, 11) is 0. The molecule has 0 aliphatic rings. The number of benzene rings is 2. The Kier molecular flexibility index (Phi) is 5.73. The van der Waals surface area contributed by atoms with Crippen molar-refractivity contribution in [3.8, 4) is 11.4 Å². The van der Waals surface area contributed by atoms with E-state index in [-0.39, 0.29) is 45.2 Å². The van der Waals surface area contributed by atoms with Crippen LogP contribution in [0.1, 0.15) is 25.4 Å². The van der Waals surface area contributed by atoms with Gasteiger partial charge in [-0.15, -0.1) is 5.10 Å². The number of fused-ring (bicyclic) bond motifs is 1. The van der Waals surface area contributed by atoms with Crippen molar-refractivity contribution >= 4 is 27.9 Å². The van der Waals surface area contributed by atoms with Gasteiger partial charge in [-0.25, -0.2) is 13.6 Å². The highest BCUT2D eigenvalue weighted by Crippen LogP contribution is 2.27. The summed E-state index contributed by atoms with van der Waals surface area (Å²) >= 11 is 6.14. The molecule has 4 rings (SSSR count). The van der Waals surface area contributed by atoms with Crippen LogP contribution in [0.4, 0.5) is 8.78 Å². The average Bonchev–Trinajstić information content (AvgIpc) is 3.09. The third-order valence-corrected chi connectivity index (χ3v) is 5.45. The molecule has 0 unspecified atom stereocenters. The first-order valence-electron chi connectivity index (χ1n) is 9.86. The van der Waals surface area contributed by atoms with Crippen molar-refractivity contribution < 1.29 is 13.9 Å². The van der Waals surface area contributed by atoms with Gasteiger partial charge in [-0.05, 0) is 43.7 Å². The van der Waals surface area contributed by atoms with E-state index >= 15 is 4.39 Å². The highest BCUT2D eigenvalue weighted by Gasteiger charge is 2.22. The molecule has 0 saturated carbocycles. The number of aliphatic hydroxyl groups is 1. The van der Waals surface area contributed by atoms with Gasteiger partial charge in [-0.1, -0.05) is 24.2 Å². The molecule has 0 radical (unpaired) electrons. The van der Waals surface area contributed by atoms with Gasteiger partial charge >= 0.3 is 5.69 Å². The second-order valence-corrected chi connectivity index (χ2v) is 7.69. The second-order valence-electron chi connectivity index (χ2n) is 7.28. The van der Waals surface area contributed by atoms with Crippen LogP contribution in [0, 0.1) is 11.6 Å². The van der Waals surface area contributed by atoms with Crippen molar-refractivity contribution in [2.75, 3.05) is 0 Å². The minimum Gasteiger partial charge on any atom is -0.388 e. The van der Waals surface area contributed by atoms with Crippen LogP contribution >= 0.6 is 11.6 Å². The first kappa shape index (κ1) is 22.6. The van der Waals surface area contributed by atoms with Gasteiger partial charge in [-0.2, -0.15) is 14.5 Å². The van der Waals surface area contributed by atoms with Gasteiger partial charge in [0.15, 0.2) is 11.6 Å². The fraction of sp³-hybridized carbons (Fsp3) is 0.182. The first-order valence-corrected chi connectivity index (χ1v) is 10.2. The van der Waals surface area contributed by atoms with E-state index in [4.69, 9.17) is 11.6 Å². The van der Waals surface area contributed by atoms with Crippen LogP contribution in [0.3, 0.4) is 0 Å². The minimum atomic E-state index is -0.847. The van der Waals surface area contributed by atoms with E-state index < -0.39 is 29.5 Å². The van der Waals surface area contributed by atoms with E-state index in [1.807, 2.05) is 0 Å². The minimum absolute atomic E-state index is 0.0369. The SMILES string of the molecule is C=C(C)c1nn(-c2c(F)cccc2Cl)c(=O)c2cc(-n3nc(CO)n(CC)c3=O)c(F)cc12. The lowest BCUT2D eigenvalue weighted by atomic mass is 10.1. The normalized spacial score (nSPS) is 11.3. The van der Waals surface area contributed by atoms with Crippen molar-refractivity contribution in [1.82, 2.24) is 24.1 Å². The molecule has 4 aromatic rings. The van der Waals surface area contributed by atoms with E-state index in [0.717, 1.165) is 27.6 Å². The number of aromatic nitrogens is 5. The molecule has 8 nitrogen and oxygen atoms in total. The summed E-state index contributed by atoms with van der Waals surface area (Å²) in [5, 5.41) is 17.7. The quantitative estimate of drug-likeness (QED) is 0.480. The van der Waals surface area contributed by atoms with Crippen LogP contribution in [0.5, 0.6) is 0 Å². The number of rotatable bonds is 5. The molecule has 0 saturated heterocycles. The lowest BCUT2D eigenvalue weighted by Gasteiger charge is -2.14. The number of para-hydroxylation sites is 1. The molecule has 0 fully saturated rings. The lowest BCUT2D eigenvalue weighted by Crippen LogP contribution is -2.26. The molecule has 11 heteroatoms. The Bertz CT molecular complexity index is 1530. The molecule has 0 aliphatic carbocycles. The van der Waals surface area contributed by atoms with E-state index in [2.05, 4.69) is 16.8 Å². The van der Waals surface area contributed by atoms with Crippen LogP contribution in [0.2, 0.25) is 5.02 Å². The zero-order chi connectivity index (χ0) is 24.0. The predicted molar refractivity (Wildman–Crippen MR) is 120 cm³/mol. The molecule has 1 N–H and O–H groups in total. The van der Waals surface area contributed by atoms with Crippen molar-refractivity contribution in [2.45, 2.75) is 27.0 Å². The molecule has 2 heterocycles. The number of halogens is 3. The zero-order valence-electron chi connectivity index (χ0n) is 17.6. The Morgan fingerprint density at radius 1 is 1.12 bits per heavy atom. The Hall–Kier alpha value is -3.63. The van der Waals surface area contributed by atoms with Gasteiger partial charge in [0.2, 0.25) is 0 Å². The Labute approximate surface area is 190 Å². The van der Waals surface area contributed by atoms with Crippen LogP contribution in [-0.4, -0.2) is 29.2 Å². The number of aliphatic hydroxyl groups excluding tert-OH is 1. The van der Waals surface area contributed by atoms with E-state index in [9.17, 15) is 19.1 Å². The maximum atomic E-state index is 15.1. The fourth-order valence-corrected chi connectivity index (χ4v) is 3.84. The standard InChI is InChI=1S/C22H18ClF2N5O3/c1-4-28-18(10-31)26-29(22(28)33)17-9-13-12(8-16(17)25)19(11(2)3)27-30(21(13)32)20-14(23)6-5-7-15(20)24/h5-9,31H,2,4,10H2,1,3H3. The summed E-state index contributed by atoms with van der Waals surface area (Å²) in [5.41, 5.74) is -1.51. The summed E-state index contributed by atoms with van der Waals surface area (Å²) in [6.07, 6.45) is 0. The maximum Gasteiger partial charge on any atom is 0.350 e. The smallest absolute Gasteiger partial charge is 0.350 e. The summed E-state index contributed by atoms with van der Waals surface area (Å²) in [5.74, 6) is -1.59. The van der Waals surface area contributed by atoms with E-state index in [0.29, 0.717) is 5.57 Å². The topological polar surface area (TPSA) is 94.9 Å².